The summed E-state index contributed by atoms with van der Waals surface area (Å²) in [5.74, 6) is 0.647. The number of methoxy groups -OCH3 is 1. The molecular weight excluding hydrogens is 280 g/mol. The first-order chi connectivity index (χ1) is 10.8. The van der Waals surface area contributed by atoms with E-state index >= 15 is 0 Å². The van der Waals surface area contributed by atoms with E-state index in [0.717, 1.165) is 16.3 Å². The highest BCUT2D eigenvalue weighted by Crippen LogP contribution is 2.27. The van der Waals surface area contributed by atoms with Gasteiger partial charge < -0.3 is 9.15 Å². The molecule has 108 valence electrons. The maximum absolute atomic E-state index is 12.3. The fraction of sp³-hybridized carbons (Fsp3) is 0.0588. The molecule has 2 heterocycles. The Labute approximate surface area is 125 Å². The number of H-pyrrole nitrogens is 1. The monoisotopic (exact) mass is 292 g/mol. The van der Waals surface area contributed by atoms with Gasteiger partial charge in [-0.05, 0) is 24.3 Å². The SMILES string of the molecule is COc1ccc2cc(-c3n[nH]c4ccccc34)c(=O)oc2c1. The Morgan fingerprint density at radius 1 is 1.14 bits per heavy atom. The van der Waals surface area contributed by atoms with Crippen LogP contribution in [-0.2, 0) is 0 Å². The fourth-order valence-electron chi connectivity index (χ4n) is 2.55. The molecule has 0 atom stereocenters. The van der Waals surface area contributed by atoms with Gasteiger partial charge in [-0.15, -0.1) is 0 Å². The van der Waals surface area contributed by atoms with Crippen LogP contribution in [0, 0.1) is 0 Å². The number of nitrogens with zero attached hydrogens (tertiary/aromatic N) is 1. The minimum atomic E-state index is -0.419. The van der Waals surface area contributed by atoms with Gasteiger partial charge in [0.15, 0.2) is 0 Å². The first-order valence-corrected chi connectivity index (χ1v) is 6.81. The van der Waals surface area contributed by atoms with Crippen LogP contribution in [0.4, 0.5) is 0 Å². The van der Waals surface area contributed by atoms with Gasteiger partial charge in [-0.3, -0.25) is 5.10 Å². The molecule has 4 aromatic rings. The van der Waals surface area contributed by atoms with Crippen LogP contribution in [0.5, 0.6) is 5.75 Å². The number of ether oxygens (including phenoxy) is 1. The number of fused-ring (bicyclic) bond motifs is 2. The van der Waals surface area contributed by atoms with Crippen molar-refractivity contribution in [1.29, 1.82) is 0 Å². The lowest BCUT2D eigenvalue weighted by Crippen LogP contribution is -2.03. The van der Waals surface area contributed by atoms with Crippen LogP contribution in [0.1, 0.15) is 0 Å². The molecule has 5 nitrogen and oxygen atoms in total. The Balaban J connectivity index is 1.99. The van der Waals surface area contributed by atoms with Crippen molar-refractivity contribution in [3.63, 3.8) is 0 Å². The summed E-state index contributed by atoms with van der Waals surface area (Å²) in [7, 11) is 1.57. The van der Waals surface area contributed by atoms with Gasteiger partial charge in [0.05, 0.1) is 18.2 Å². The molecule has 0 aliphatic heterocycles. The predicted molar refractivity (Wildman–Crippen MR) is 84.1 cm³/mol. The van der Waals surface area contributed by atoms with E-state index in [-0.39, 0.29) is 0 Å². The average molecular weight is 292 g/mol. The van der Waals surface area contributed by atoms with Gasteiger partial charge >= 0.3 is 5.63 Å². The van der Waals surface area contributed by atoms with Crippen molar-refractivity contribution >= 4 is 21.9 Å². The first kappa shape index (κ1) is 12.6. The Morgan fingerprint density at radius 3 is 2.86 bits per heavy atom. The molecule has 0 amide bonds. The van der Waals surface area contributed by atoms with E-state index in [0.29, 0.717) is 22.6 Å². The van der Waals surface area contributed by atoms with Crippen LogP contribution in [-0.4, -0.2) is 17.3 Å². The van der Waals surface area contributed by atoms with Crippen molar-refractivity contribution in [3.8, 4) is 17.0 Å². The minimum absolute atomic E-state index is 0.419. The van der Waals surface area contributed by atoms with E-state index in [4.69, 9.17) is 9.15 Å². The number of benzene rings is 2. The Kier molecular flexibility index (Phi) is 2.72. The van der Waals surface area contributed by atoms with Crippen LogP contribution in [0.3, 0.4) is 0 Å². The molecule has 0 saturated carbocycles. The van der Waals surface area contributed by atoms with Gasteiger partial charge in [-0.25, -0.2) is 4.79 Å². The summed E-state index contributed by atoms with van der Waals surface area (Å²) in [6.07, 6.45) is 0. The van der Waals surface area contributed by atoms with Crippen molar-refractivity contribution < 1.29 is 9.15 Å². The van der Waals surface area contributed by atoms with Crippen LogP contribution in [0.25, 0.3) is 33.1 Å². The summed E-state index contributed by atoms with van der Waals surface area (Å²) < 4.78 is 10.6. The zero-order valence-corrected chi connectivity index (χ0v) is 11.8. The normalized spacial score (nSPS) is 11.1. The van der Waals surface area contributed by atoms with Crippen molar-refractivity contribution in [2.24, 2.45) is 0 Å². The van der Waals surface area contributed by atoms with E-state index < -0.39 is 5.63 Å². The topological polar surface area (TPSA) is 68.1 Å². The smallest absolute Gasteiger partial charge is 0.345 e. The fourth-order valence-corrected chi connectivity index (χ4v) is 2.55. The second-order valence-electron chi connectivity index (χ2n) is 4.97. The molecule has 2 aromatic heterocycles. The highest BCUT2D eigenvalue weighted by molar-refractivity contribution is 5.94. The van der Waals surface area contributed by atoms with Crippen molar-refractivity contribution in [1.82, 2.24) is 10.2 Å². The lowest BCUT2D eigenvalue weighted by Gasteiger charge is -2.03. The quantitative estimate of drug-likeness (QED) is 0.575. The second kappa shape index (κ2) is 4.73. The zero-order valence-electron chi connectivity index (χ0n) is 11.8. The molecule has 5 heteroatoms. The number of nitrogens with one attached hydrogen (secondary N) is 1. The summed E-state index contributed by atoms with van der Waals surface area (Å²) >= 11 is 0. The van der Waals surface area contributed by atoms with Crippen molar-refractivity contribution in [2.75, 3.05) is 7.11 Å². The maximum Gasteiger partial charge on any atom is 0.345 e. The van der Waals surface area contributed by atoms with Crippen LogP contribution in [0.2, 0.25) is 0 Å². The van der Waals surface area contributed by atoms with Crippen LogP contribution < -0.4 is 10.4 Å². The van der Waals surface area contributed by atoms with E-state index in [2.05, 4.69) is 10.2 Å². The van der Waals surface area contributed by atoms with Crippen molar-refractivity contribution in [3.05, 3.63) is 59.0 Å². The van der Waals surface area contributed by atoms with Gasteiger partial charge in [-0.2, -0.15) is 5.10 Å². The van der Waals surface area contributed by atoms with E-state index in [1.54, 1.807) is 19.2 Å². The molecule has 0 saturated heterocycles. The number of hydrogen-bond donors (Lipinski definition) is 1. The molecule has 1 N–H and O–H groups in total. The first-order valence-electron chi connectivity index (χ1n) is 6.81. The molecule has 0 spiro atoms. The largest absolute Gasteiger partial charge is 0.497 e. The summed E-state index contributed by atoms with van der Waals surface area (Å²) in [4.78, 5) is 12.3. The molecule has 22 heavy (non-hydrogen) atoms. The number of aromatic amines is 1. The number of rotatable bonds is 2. The molecule has 0 aliphatic rings. The second-order valence-corrected chi connectivity index (χ2v) is 4.97. The molecule has 4 rings (SSSR count). The summed E-state index contributed by atoms with van der Waals surface area (Å²) in [5.41, 5.74) is 2.00. The Morgan fingerprint density at radius 2 is 2.00 bits per heavy atom. The van der Waals surface area contributed by atoms with E-state index in [1.807, 2.05) is 36.4 Å². The third kappa shape index (κ3) is 1.87. The number of aromatic nitrogens is 2. The summed E-state index contributed by atoms with van der Waals surface area (Å²) in [6, 6.07) is 14.8. The van der Waals surface area contributed by atoms with E-state index in [9.17, 15) is 4.79 Å². The molecule has 0 unspecified atom stereocenters. The van der Waals surface area contributed by atoms with Gasteiger partial charge in [0.25, 0.3) is 0 Å². The third-order valence-electron chi connectivity index (χ3n) is 3.67. The lowest BCUT2D eigenvalue weighted by molar-refractivity contribution is 0.414. The van der Waals surface area contributed by atoms with Gasteiger partial charge in [0.1, 0.15) is 17.0 Å². The molecule has 0 bridgehead atoms. The maximum atomic E-state index is 12.3. The molecular formula is C17H12N2O3. The third-order valence-corrected chi connectivity index (χ3v) is 3.67. The average Bonchev–Trinajstić information content (AvgIpc) is 2.97. The van der Waals surface area contributed by atoms with Gasteiger partial charge in [-0.1, -0.05) is 18.2 Å². The molecule has 0 fully saturated rings. The minimum Gasteiger partial charge on any atom is -0.497 e. The Bertz CT molecular complexity index is 1050. The molecule has 0 aliphatic carbocycles. The number of para-hydroxylation sites is 1. The zero-order chi connectivity index (χ0) is 15.1. The van der Waals surface area contributed by atoms with Crippen LogP contribution >= 0.6 is 0 Å². The highest BCUT2D eigenvalue weighted by atomic mass is 16.5. The predicted octanol–water partition coefficient (Wildman–Crippen LogP) is 3.34. The van der Waals surface area contributed by atoms with Gasteiger partial charge in [0, 0.05) is 16.8 Å². The highest BCUT2D eigenvalue weighted by Gasteiger charge is 2.14. The standard InChI is InChI=1S/C17H12N2O3/c1-21-11-7-6-10-8-13(17(20)22-15(10)9-11)16-12-4-2-3-5-14(12)18-19-16/h2-9H,1H3,(H,18,19). The Hall–Kier alpha value is -3.08. The molecule has 0 radical (unpaired) electrons. The van der Waals surface area contributed by atoms with Crippen molar-refractivity contribution in [2.45, 2.75) is 0 Å². The van der Waals surface area contributed by atoms with Gasteiger partial charge in [0.2, 0.25) is 0 Å². The summed E-state index contributed by atoms with van der Waals surface area (Å²) in [6.45, 7) is 0. The molecule has 2 aromatic carbocycles. The number of hydrogen-bond acceptors (Lipinski definition) is 4. The van der Waals surface area contributed by atoms with E-state index in [1.165, 1.54) is 0 Å². The van der Waals surface area contributed by atoms with Crippen LogP contribution in [0.15, 0.2) is 57.7 Å². The summed E-state index contributed by atoms with van der Waals surface area (Å²) in [5, 5.41) is 8.90. The lowest BCUT2D eigenvalue weighted by atomic mass is 10.1.